The largest absolute Gasteiger partial charge is 0.392 e. The van der Waals surface area contributed by atoms with E-state index < -0.39 is 55.9 Å². The van der Waals surface area contributed by atoms with Gasteiger partial charge in [0.15, 0.2) is 19.5 Å². The fourth-order valence-corrected chi connectivity index (χ4v) is 14.0. The van der Waals surface area contributed by atoms with Crippen LogP contribution in [0.15, 0.2) is 48.5 Å². The van der Waals surface area contributed by atoms with E-state index in [9.17, 15) is 29.4 Å². The molecule has 4 bridgehead atoms. The summed E-state index contributed by atoms with van der Waals surface area (Å²) in [4.78, 5) is 58.1. The maximum absolute atomic E-state index is 14.4. The Labute approximate surface area is 260 Å². The third kappa shape index (κ3) is 2.08. The molecule has 6 saturated heterocycles. The van der Waals surface area contributed by atoms with Gasteiger partial charge < -0.3 is 30.6 Å². The zero-order chi connectivity index (χ0) is 30.4. The number of likely N-dealkylation sites (N-methyl/N-ethyl adjacent to an activating group) is 2. The number of benzene rings is 2. The number of hydrogen-bond acceptors (Lipinski definition) is 10. The number of aliphatic hydroxyl groups excluding tert-OH is 2. The van der Waals surface area contributed by atoms with Gasteiger partial charge in [-0.15, -0.1) is 0 Å². The van der Waals surface area contributed by atoms with Crippen molar-refractivity contribution in [3.05, 3.63) is 59.7 Å². The standard InChI is InChI=1S/C30H28N6O6S2/c1-33-21(39)27-11-25(15-7-3-5-9-17(15)31-19(25)35(27)23(41)29(33,13-37)43-27)26-12-28-22(40)34(2)30(14-38,44-28)24(42)36(28)20(26)32-18-10-6-4-8-16(18)26/h3-10,19-20,31-32,37-38H,11-14H2,1-2H3/t19-,20-,25+,26?,27+,28+,29+,30+/m1/s1. The molecule has 14 heteroatoms. The summed E-state index contributed by atoms with van der Waals surface area (Å²) < 4.78 is 0. The summed E-state index contributed by atoms with van der Waals surface area (Å²) >= 11 is 2.42. The second kappa shape index (κ2) is 7.16. The molecule has 44 heavy (non-hydrogen) atoms. The number of fused-ring (bicyclic) bond motifs is 11. The van der Waals surface area contributed by atoms with Gasteiger partial charge in [0.1, 0.15) is 12.3 Å². The molecule has 10 rings (SSSR count). The maximum atomic E-state index is 14.4. The molecular weight excluding hydrogens is 605 g/mol. The fourth-order valence-electron chi connectivity index (χ4n) is 10.3. The average molecular weight is 633 g/mol. The second-order valence-electron chi connectivity index (χ2n) is 13.2. The molecule has 2 aromatic carbocycles. The number of thioether (sulfide) groups is 2. The molecule has 1 unspecified atom stereocenters. The van der Waals surface area contributed by atoms with Crippen molar-refractivity contribution in [2.75, 3.05) is 37.9 Å². The Morgan fingerprint density at radius 1 is 0.682 bits per heavy atom. The smallest absolute Gasteiger partial charge is 0.264 e. The van der Waals surface area contributed by atoms with E-state index in [4.69, 9.17) is 0 Å². The van der Waals surface area contributed by atoms with Crippen molar-refractivity contribution in [1.82, 2.24) is 19.6 Å². The van der Waals surface area contributed by atoms with Crippen LogP contribution in [0.2, 0.25) is 0 Å². The zero-order valence-electron chi connectivity index (χ0n) is 23.7. The highest BCUT2D eigenvalue weighted by atomic mass is 32.2. The summed E-state index contributed by atoms with van der Waals surface area (Å²) in [6.07, 6.45) is -0.953. The molecule has 8 aliphatic heterocycles. The Morgan fingerprint density at radius 2 is 1.07 bits per heavy atom. The molecule has 0 saturated carbocycles. The molecule has 0 radical (unpaired) electrons. The number of nitrogens with one attached hydrogen (secondary N) is 2. The quantitative estimate of drug-likeness (QED) is 0.366. The minimum absolute atomic E-state index is 0.223. The summed E-state index contributed by atoms with van der Waals surface area (Å²) in [6.45, 7) is -1.01. The van der Waals surface area contributed by atoms with Crippen molar-refractivity contribution >= 4 is 58.5 Å². The van der Waals surface area contributed by atoms with Crippen LogP contribution in [0, 0.1) is 0 Å². The van der Waals surface area contributed by atoms with Crippen molar-refractivity contribution < 1.29 is 29.4 Å². The summed E-state index contributed by atoms with van der Waals surface area (Å²) in [7, 11) is 3.15. The van der Waals surface area contributed by atoms with Gasteiger partial charge in [0.05, 0.1) is 24.0 Å². The lowest BCUT2D eigenvalue weighted by molar-refractivity contribution is -0.161. The lowest BCUT2D eigenvalue weighted by atomic mass is 9.54. The average Bonchev–Trinajstić information content (AvgIpc) is 3.85. The number of piperazine rings is 2. The predicted octanol–water partition coefficient (Wildman–Crippen LogP) is 0.0376. The van der Waals surface area contributed by atoms with Crippen LogP contribution in [-0.4, -0.2) is 113 Å². The van der Waals surface area contributed by atoms with Gasteiger partial charge in [-0.3, -0.25) is 29.0 Å². The van der Waals surface area contributed by atoms with Crippen molar-refractivity contribution in [2.24, 2.45) is 0 Å². The van der Waals surface area contributed by atoms with Gasteiger partial charge in [0.2, 0.25) is 0 Å². The zero-order valence-corrected chi connectivity index (χ0v) is 25.4. The normalized spacial score (nSPS) is 44.6. The predicted molar refractivity (Wildman–Crippen MR) is 160 cm³/mol. The SMILES string of the molecule is CN1C(=O)[C@@]23CC4([C@]56C[C@@]78S[C@@](CO)(C(=O)N7[C@H]5Nc5ccccc56)N(C)C8=O)c5ccccc5N[C@@H]4N2C(=O)[C@]1(CO)S3. The van der Waals surface area contributed by atoms with Crippen molar-refractivity contribution in [3.8, 4) is 0 Å². The first-order valence-corrected chi connectivity index (χ1v) is 16.3. The lowest BCUT2D eigenvalue weighted by Crippen LogP contribution is -2.67. The number of hydrogen-bond donors (Lipinski definition) is 4. The Bertz CT molecular complexity index is 1700. The molecule has 0 aliphatic carbocycles. The van der Waals surface area contributed by atoms with E-state index in [-0.39, 0.29) is 36.5 Å². The van der Waals surface area contributed by atoms with Gasteiger partial charge in [0, 0.05) is 38.3 Å². The molecule has 8 heterocycles. The highest BCUT2D eigenvalue weighted by Gasteiger charge is 2.90. The molecule has 8 atom stereocenters. The fraction of sp³-hybridized carbons (Fsp3) is 0.467. The summed E-state index contributed by atoms with van der Waals surface area (Å²) in [5.74, 6) is -1.14. The van der Waals surface area contributed by atoms with Crippen molar-refractivity contribution in [2.45, 2.75) is 55.5 Å². The summed E-state index contributed by atoms with van der Waals surface area (Å²) in [5, 5.41) is 28.3. The molecule has 2 spiro atoms. The molecule has 6 fully saturated rings. The van der Waals surface area contributed by atoms with Crippen LogP contribution in [0.1, 0.15) is 24.0 Å². The van der Waals surface area contributed by atoms with Crippen LogP contribution in [0.5, 0.6) is 0 Å². The van der Waals surface area contributed by atoms with E-state index in [1.165, 1.54) is 33.3 Å². The molecule has 4 N–H and O–H groups in total. The van der Waals surface area contributed by atoms with Gasteiger partial charge in [0.25, 0.3) is 23.6 Å². The highest BCUT2D eigenvalue weighted by Crippen LogP contribution is 2.78. The number of rotatable bonds is 3. The van der Waals surface area contributed by atoms with Crippen LogP contribution >= 0.6 is 23.5 Å². The third-order valence-corrected chi connectivity index (χ3v) is 15.6. The molecule has 12 nitrogen and oxygen atoms in total. The minimum Gasteiger partial charge on any atom is -0.392 e. The molecule has 0 aromatic heterocycles. The topological polar surface area (TPSA) is 146 Å². The van der Waals surface area contributed by atoms with E-state index in [0.717, 1.165) is 22.5 Å². The van der Waals surface area contributed by atoms with Crippen LogP contribution in [0.3, 0.4) is 0 Å². The first-order chi connectivity index (χ1) is 21.1. The number of nitrogens with zero attached hydrogens (tertiary/aromatic N) is 4. The van der Waals surface area contributed by atoms with Gasteiger partial charge >= 0.3 is 0 Å². The Kier molecular flexibility index (Phi) is 4.21. The minimum atomic E-state index is -1.41. The van der Waals surface area contributed by atoms with E-state index >= 15 is 0 Å². The van der Waals surface area contributed by atoms with E-state index in [1.54, 1.807) is 23.9 Å². The van der Waals surface area contributed by atoms with E-state index in [2.05, 4.69) is 10.6 Å². The lowest BCUT2D eigenvalue weighted by Gasteiger charge is -2.49. The number of para-hydroxylation sites is 2. The van der Waals surface area contributed by atoms with Crippen LogP contribution in [-0.2, 0) is 30.0 Å². The third-order valence-electron chi connectivity index (χ3n) is 12.0. The summed E-state index contributed by atoms with van der Waals surface area (Å²) in [5.41, 5.74) is 1.55. The van der Waals surface area contributed by atoms with Crippen LogP contribution in [0.25, 0.3) is 0 Å². The molecule has 226 valence electrons. The van der Waals surface area contributed by atoms with Gasteiger partial charge in [-0.1, -0.05) is 59.9 Å². The van der Waals surface area contributed by atoms with E-state index in [1.807, 2.05) is 48.5 Å². The molecular formula is C30H28N6O6S2. The molecule has 2 aromatic rings. The number of amides is 4. The first-order valence-electron chi connectivity index (χ1n) is 14.6. The first kappa shape index (κ1) is 25.8. The second-order valence-corrected chi connectivity index (χ2v) is 16.3. The Hall–Kier alpha value is -3.46. The molecule has 4 amide bonds. The maximum Gasteiger partial charge on any atom is 0.264 e. The Morgan fingerprint density at radius 3 is 1.45 bits per heavy atom. The van der Waals surface area contributed by atoms with Gasteiger partial charge in [-0.2, -0.15) is 0 Å². The van der Waals surface area contributed by atoms with E-state index in [0.29, 0.717) is 0 Å². The number of carbonyl (C=O) groups excluding carboxylic acids is 4. The number of carbonyl (C=O) groups is 4. The van der Waals surface area contributed by atoms with Gasteiger partial charge in [-0.25, -0.2) is 0 Å². The van der Waals surface area contributed by atoms with Crippen molar-refractivity contribution in [3.63, 3.8) is 0 Å². The number of aliphatic hydroxyl groups is 2. The van der Waals surface area contributed by atoms with Crippen LogP contribution in [0.4, 0.5) is 11.4 Å². The summed E-state index contributed by atoms with van der Waals surface area (Å²) in [6, 6.07) is 15.7. The monoisotopic (exact) mass is 632 g/mol. The van der Waals surface area contributed by atoms with Crippen molar-refractivity contribution in [1.29, 1.82) is 0 Å². The van der Waals surface area contributed by atoms with Crippen LogP contribution < -0.4 is 10.6 Å². The Balaban J connectivity index is 1.28. The molecule has 8 aliphatic rings. The number of anilines is 2. The van der Waals surface area contributed by atoms with Gasteiger partial charge in [-0.05, 0) is 23.3 Å². The highest BCUT2D eigenvalue weighted by molar-refractivity contribution is 8.04.